The maximum atomic E-state index is 12.8. The maximum absolute atomic E-state index is 12.8. The van der Waals surface area contributed by atoms with Crippen LogP contribution in [-0.4, -0.2) is 27.2 Å². The van der Waals surface area contributed by atoms with Gasteiger partial charge in [0.15, 0.2) is 5.65 Å². The van der Waals surface area contributed by atoms with Crippen LogP contribution in [0, 0.1) is 6.92 Å². The van der Waals surface area contributed by atoms with Crippen LogP contribution in [0.2, 0.25) is 5.02 Å². The number of pyridine rings is 1. The van der Waals surface area contributed by atoms with Crippen LogP contribution in [0.25, 0.3) is 11.0 Å². The van der Waals surface area contributed by atoms with Gasteiger partial charge in [0.05, 0.1) is 17.5 Å². The van der Waals surface area contributed by atoms with Crippen LogP contribution in [0.15, 0.2) is 36.5 Å². The normalized spacial score (nSPS) is 12.0. The number of hydrogen-bond donors (Lipinski definition) is 1. The minimum absolute atomic E-state index is 0.130. The van der Waals surface area contributed by atoms with Crippen molar-refractivity contribution >= 4 is 28.5 Å². The summed E-state index contributed by atoms with van der Waals surface area (Å²) in [4.78, 5) is 17.4. The Labute approximate surface area is 164 Å². The third-order valence-corrected chi connectivity index (χ3v) is 5.03. The number of benzene rings is 1. The van der Waals surface area contributed by atoms with Crippen LogP contribution in [0.5, 0.6) is 0 Å². The van der Waals surface area contributed by atoms with E-state index in [4.69, 9.17) is 11.6 Å². The Morgan fingerprint density at radius 3 is 2.70 bits per heavy atom. The van der Waals surface area contributed by atoms with Gasteiger partial charge in [-0.05, 0) is 44.5 Å². The lowest BCUT2D eigenvalue weighted by atomic mass is 9.84. The summed E-state index contributed by atoms with van der Waals surface area (Å²) in [6.45, 7) is 10.6. The van der Waals surface area contributed by atoms with Crippen LogP contribution in [0.1, 0.15) is 55.4 Å². The Morgan fingerprint density at radius 2 is 2.04 bits per heavy atom. The van der Waals surface area contributed by atoms with Crippen molar-refractivity contribution in [3.63, 3.8) is 0 Å². The molecule has 6 heteroatoms. The average Bonchev–Trinajstić information content (AvgIpc) is 3.02. The van der Waals surface area contributed by atoms with E-state index in [1.54, 1.807) is 6.20 Å². The van der Waals surface area contributed by atoms with Gasteiger partial charge in [-0.25, -0.2) is 9.67 Å². The number of amides is 1. The molecule has 3 rings (SSSR count). The average molecular weight is 385 g/mol. The number of rotatable bonds is 5. The Kier molecular flexibility index (Phi) is 5.24. The van der Waals surface area contributed by atoms with E-state index in [-0.39, 0.29) is 17.4 Å². The van der Waals surface area contributed by atoms with E-state index >= 15 is 0 Å². The zero-order chi connectivity index (χ0) is 19.8. The molecule has 0 fully saturated rings. The van der Waals surface area contributed by atoms with Crippen molar-refractivity contribution in [3.05, 3.63) is 58.4 Å². The lowest BCUT2D eigenvalue weighted by Gasteiger charge is -2.26. The Balaban J connectivity index is 1.81. The number of carbonyl (C=O) groups is 1. The fourth-order valence-electron chi connectivity index (χ4n) is 3.08. The quantitative estimate of drug-likeness (QED) is 0.694. The molecule has 0 saturated heterocycles. The van der Waals surface area contributed by atoms with E-state index in [2.05, 4.69) is 43.1 Å². The molecule has 1 amide bonds. The molecule has 0 spiro atoms. The molecule has 2 aromatic heterocycles. The lowest BCUT2D eigenvalue weighted by molar-refractivity contribution is 0.0945. The molecule has 0 aliphatic carbocycles. The summed E-state index contributed by atoms with van der Waals surface area (Å²) in [6, 6.07) is 9.82. The van der Waals surface area contributed by atoms with Gasteiger partial charge in [0.2, 0.25) is 0 Å². The minimum atomic E-state index is -0.242. The lowest BCUT2D eigenvalue weighted by Crippen LogP contribution is -2.37. The van der Waals surface area contributed by atoms with E-state index in [0.29, 0.717) is 22.8 Å². The maximum Gasteiger partial charge on any atom is 0.253 e. The number of nitrogens with zero attached hydrogens (tertiary/aromatic N) is 3. The van der Waals surface area contributed by atoms with Crippen LogP contribution in [0.3, 0.4) is 0 Å². The van der Waals surface area contributed by atoms with Gasteiger partial charge in [0.25, 0.3) is 5.91 Å². The zero-order valence-corrected chi connectivity index (χ0v) is 17.1. The molecule has 0 radical (unpaired) electrons. The van der Waals surface area contributed by atoms with Gasteiger partial charge in [0, 0.05) is 28.4 Å². The van der Waals surface area contributed by atoms with Gasteiger partial charge in [-0.15, -0.1) is 0 Å². The molecule has 0 bridgehead atoms. The van der Waals surface area contributed by atoms with E-state index < -0.39 is 0 Å². The first kappa shape index (κ1) is 19.4. The number of carbonyl (C=O) groups excluding carboxylic acids is 1. The summed E-state index contributed by atoms with van der Waals surface area (Å²) in [5.41, 5.74) is 2.92. The van der Waals surface area contributed by atoms with E-state index in [9.17, 15) is 4.79 Å². The van der Waals surface area contributed by atoms with E-state index in [1.807, 2.05) is 41.9 Å². The number of aromatic nitrogens is 3. The van der Waals surface area contributed by atoms with Gasteiger partial charge in [-0.2, -0.15) is 5.10 Å². The molecule has 1 aromatic carbocycles. The molecule has 27 heavy (non-hydrogen) atoms. The van der Waals surface area contributed by atoms with Gasteiger partial charge in [-0.3, -0.25) is 4.79 Å². The smallest absolute Gasteiger partial charge is 0.253 e. The Hall–Kier alpha value is -2.40. The summed E-state index contributed by atoms with van der Waals surface area (Å²) in [5, 5.41) is 8.99. The molecular formula is C21H25ClN4O. The highest BCUT2D eigenvalue weighted by atomic mass is 35.5. The molecule has 0 aliphatic heterocycles. The molecule has 3 aromatic rings. The number of aryl methyl sites for hydroxylation is 1. The number of nitrogens with one attached hydrogen (secondary N) is 1. The number of halogens is 1. The predicted molar refractivity (Wildman–Crippen MR) is 109 cm³/mol. The summed E-state index contributed by atoms with van der Waals surface area (Å²) in [5.74, 6) is -0.130. The van der Waals surface area contributed by atoms with Crippen LogP contribution in [0.4, 0.5) is 0 Å². The largest absolute Gasteiger partial charge is 0.351 e. The fraction of sp³-hybridized carbons (Fsp3) is 0.381. The van der Waals surface area contributed by atoms with Crippen molar-refractivity contribution in [2.45, 2.75) is 46.1 Å². The van der Waals surface area contributed by atoms with Gasteiger partial charge in [0.1, 0.15) is 0 Å². The zero-order valence-electron chi connectivity index (χ0n) is 16.4. The summed E-state index contributed by atoms with van der Waals surface area (Å²) >= 11 is 6.11. The first-order valence-corrected chi connectivity index (χ1v) is 9.46. The monoisotopic (exact) mass is 384 g/mol. The van der Waals surface area contributed by atoms with Crippen LogP contribution in [-0.2, 0) is 5.41 Å². The molecule has 0 atom stereocenters. The molecule has 0 saturated carbocycles. The van der Waals surface area contributed by atoms with Crippen molar-refractivity contribution in [2.24, 2.45) is 0 Å². The van der Waals surface area contributed by atoms with Crippen molar-refractivity contribution in [1.29, 1.82) is 0 Å². The standard InChI is InChI=1S/C21H25ClN4O/c1-13(2)26-19-15(11-24-26)9-18(14(3)25-19)20(27)23-12-21(4,5)16-7-6-8-17(22)10-16/h6-11,13H,12H2,1-5H3,(H,23,27). The summed E-state index contributed by atoms with van der Waals surface area (Å²) < 4.78 is 1.87. The SMILES string of the molecule is Cc1nc2c(cnn2C(C)C)cc1C(=O)NCC(C)(C)c1cccc(Cl)c1. The fourth-order valence-corrected chi connectivity index (χ4v) is 3.27. The van der Waals surface area contributed by atoms with Crippen molar-refractivity contribution in [1.82, 2.24) is 20.1 Å². The van der Waals surface area contributed by atoms with Crippen molar-refractivity contribution < 1.29 is 4.79 Å². The van der Waals surface area contributed by atoms with Crippen molar-refractivity contribution in [2.75, 3.05) is 6.54 Å². The number of fused-ring (bicyclic) bond motifs is 1. The molecule has 5 nitrogen and oxygen atoms in total. The Bertz CT molecular complexity index is 991. The molecular weight excluding hydrogens is 360 g/mol. The highest BCUT2D eigenvalue weighted by Gasteiger charge is 2.23. The molecule has 0 unspecified atom stereocenters. The predicted octanol–water partition coefficient (Wildman–Crippen LogP) is 4.68. The van der Waals surface area contributed by atoms with Crippen LogP contribution < -0.4 is 5.32 Å². The van der Waals surface area contributed by atoms with Crippen molar-refractivity contribution in [3.8, 4) is 0 Å². The highest BCUT2D eigenvalue weighted by Crippen LogP contribution is 2.25. The van der Waals surface area contributed by atoms with E-state index in [0.717, 1.165) is 16.6 Å². The topological polar surface area (TPSA) is 59.8 Å². The van der Waals surface area contributed by atoms with E-state index in [1.165, 1.54) is 0 Å². The third-order valence-electron chi connectivity index (χ3n) is 4.79. The first-order chi connectivity index (χ1) is 12.7. The third kappa shape index (κ3) is 3.98. The van der Waals surface area contributed by atoms with Gasteiger partial charge >= 0.3 is 0 Å². The molecule has 142 valence electrons. The molecule has 1 N–H and O–H groups in total. The first-order valence-electron chi connectivity index (χ1n) is 9.08. The molecule has 2 heterocycles. The highest BCUT2D eigenvalue weighted by molar-refractivity contribution is 6.30. The van der Waals surface area contributed by atoms with Gasteiger partial charge < -0.3 is 5.32 Å². The number of hydrogen-bond acceptors (Lipinski definition) is 3. The second-order valence-corrected chi connectivity index (χ2v) is 8.23. The second kappa shape index (κ2) is 7.31. The summed E-state index contributed by atoms with van der Waals surface area (Å²) in [7, 11) is 0. The molecule has 0 aliphatic rings. The second-order valence-electron chi connectivity index (χ2n) is 7.79. The van der Waals surface area contributed by atoms with Crippen LogP contribution >= 0.6 is 11.6 Å². The Morgan fingerprint density at radius 1 is 1.30 bits per heavy atom. The van der Waals surface area contributed by atoms with Gasteiger partial charge in [-0.1, -0.05) is 37.6 Å². The minimum Gasteiger partial charge on any atom is -0.351 e. The summed E-state index contributed by atoms with van der Waals surface area (Å²) in [6.07, 6.45) is 1.76.